The van der Waals surface area contributed by atoms with Crippen molar-refractivity contribution in [2.45, 2.75) is 19.6 Å². The summed E-state index contributed by atoms with van der Waals surface area (Å²) in [6.45, 7) is 1.90. The van der Waals surface area contributed by atoms with Crippen LogP contribution < -0.4 is 0 Å². The van der Waals surface area contributed by atoms with Crippen LogP contribution in [0.15, 0.2) is 84.9 Å². The molecule has 0 saturated heterocycles. The lowest BCUT2D eigenvalue weighted by Crippen LogP contribution is -2.21. The summed E-state index contributed by atoms with van der Waals surface area (Å²) in [6, 6.07) is 27.2. The zero-order valence-corrected chi connectivity index (χ0v) is 14.7. The van der Waals surface area contributed by atoms with Crippen LogP contribution in [0.25, 0.3) is 11.1 Å². The number of aliphatic hydroxyl groups excluding tert-OH is 1. The van der Waals surface area contributed by atoms with Gasteiger partial charge in [0, 0.05) is 0 Å². The first-order valence-electron chi connectivity index (χ1n) is 8.69. The number of rotatable bonds is 6. The maximum atomic E-state index is 12.2. The average molecular weight is 346 g/mol. The lowest BCUT2D eigenvalue weighted by Gasteiger charge is -2.18. The summed E-state index contributed by atoms with van der Waals surface area (Å²) in [6.07, 6.45) is -0.900. The summed E-state index contributed by atoms with van der Waals surface area (Å²) in [5.74, 6) is -1.05. The minimum atomic E-state index is -0.900. The van der Waals surface area contributed by atoms with E-state index in [1.165, 1.54) is 0 Å². The van der Waals surface area contributed by atoms with E-state index in [1.54, 1.807) is 6.92 Å². The van der Waals surface area contributed by atoms with Crippen LogP contribution in [0.4, 0.5) is 0 Å². The number of ether oxygens (including phenoxy) is 1. The van der Waals surface area contributed by atoms with Crippen molar-refractivity contribution >= 4 is 5.97 Å². The third-order valence-electron chi connectivity index (χ3n) is 4.43. The zero-order valence-electron chi connectivity index (χ0n) is 14.7. The molecular formula is C23H22O3. The summed E-state index contributed by atoms with van der Waals surface area (Å²) in [4.78, 5) is 12.2. The van der Waals surface area contributed by atoms with E-state index in [1.807, 2.05) is 84.9 Å². The predicted molar refractivity (Wildman–Crippen MR) is 102 cm³/mol. The van der Waals surface area contributed by atoms with Crippen LogP contribution in [0.3, 0.4) is 0 Å². The minimum absolute atomic E-state index is 0.212. The fraction of sp³-hybridized carbons (Fsp3) is 0.174. The minimum Gasteiger partial charge on any atom is -0.461 e. The first-order chi connectivity index (χ1) is 12.6. The van der Waals surface area contributed by atoms with Crippen molar-refractivity contribution in [1.29, 1.82) is 0 Å². The van der Waals surface area contributed by atoms with E-state index < -0.39 is 18.0 Å². The van der Waals surface area contributed by atoms with Gasteiger partial charge in [-0.15, -0.1) is 0 Å². The van der Waals surface area contributed by atoms with Gasteiger partial charge in [0.05, 0.1) is 12.0 Å². The van der Waals surface area contributed by atoms with Gasteiger partial charge in [-0.3, -0.25) is 4.79 Å². The molecule has 0 saturated carbocycles. The highest BCUT2D eigenvalue weighted by Crippen LogP contribution is 2.26. The van der Waals surface area contributed by atoms with Crippen molar-refractivity contribution in [2.75, 3.05) is 0 Å². The molecule has 3 aromatic carbocycles. The molecule has 3 aromatic rings. The van der Waals surface area contributed by atoms with Gasteiger partial charge in [0.1, 0.15) is 6.61 Å². The van der Waals surface area contributed by atoms with Gasteiger partial charge in [0.2, 0.25) is 0 Å². The monoisotopic (exact) mass is 346 g/mol. The number of hydrogen-bond donors (Lipinski definition) is 1. The molecular weight excluding hydrogens is 324 g/mol. The third kappa shape index (κ3) is 4.38. The molecule has 0 aliphatic rings. The molecule has 2 atom stereocenters. The summed E-state index contributed by atoms with van der Waals surface area (Å²) in [5, 5.41) is 10.5. The molecule has 132 valence electrons. The van der Waals surface area contributed by atoms with E-state index in [0.717, 1.165) is 16.7 Å². The Balaban J connectivity index is 1.62. The summed E-state index contributed by atoms with van der Waals surface area (Å²) >= 11 is 0. The van der Waals surface area contributed by atoms with E-state index in [0.29, 0.717) is 5.56 Å². The molecule has 0 aliphatic carbocycles. The van der Waals surface area contributed by atoms with Crippen molar-refractivity contribution in [2.24, 2.45) is 5.92 Å². The van der Waals surface area contributed by atoms with E-state index >= 15 is 0 Å². The Kier molecular flexibility index (Phi) is 5.82. The normalized spacial score (nSPS) is 13.0. The number of carbonyl (C=O) groups is 1. The standard InChI is InChI=1S/C23H22O3/c1-17(23(25)26-16-18-8-4-2-5-9-18)22(24)21-14-12-20(13-15-21)19-10-6-3-7-11-19/h2-15,17,22,24H,16H2,1H3/t17-,22+/m0/s1. The maximum absolute atomic E-state index is 12.2. The first-order valence-corrected chi connectivity index (χ1v) is 8.69. The van der Waals surface area contributed by atoms with E-state index in [4.69, 9.17) is 4.74 Å². The van der Waals surface area contributed by atoms with Gasteiger partial charge in [0.15, 0.2) is 0 Å². The number of aliphatic hydroxyl groups is 1. The van der Waals surface area contributed by atoms with Gasteiger partial charge < -0.3 is 9.84 Å². The summed E-state index contributed by atoms with van der Waals surface area (Å²) in [7, 11) is 0. The molecule has 0 bridgehead atoms. The van der Waals surface area contributed by atoms with E-state index in [-0.39, 0.29) is 6.61 Å². The highest BCUT2D eigenvalue weighted by atomic mass is 16.5. The second-order valence-corrected chi connectivity index (χ2v) is 6.31. The Morgan fingerprint density at radius 1 is 0.846 bits per heavy atom. The third-order valence-corrected chi connectivity index (χ3v) is 4.43. The molecule has 0 aromatic heterocycles. The van der Waals surface area contributed by atoms with Crippen molar-refractivity contribution < 1.29 is 14.6 Å². The largest absolute Gasteiger partial charge is 0.461 e. The van der Waals surface area contributed by atoms with Crippen LogP contribution in [-0.2, 0) is 16.1 Å². The van der Waals surface area contributed by atoms with Crippen LogP contribution in [0, 0.1) is 5.92 Å². The Morgan fingerprint density at radius 3 is 2.00 bits per heavy atom. The van der Waals surface area contributed by atoms with E-state index in [9.17, 15) is 9.90 Å². The number of benzene rings is 3. The Morgan fingerprint density at radius 2 is 1.38 bits per heavy atom. The molecule has 3 rings (SSSR count). The SMILES string of the molecule is C[C@H](C(=O)OCc1ccccc1)[C@@H](O)c1ccc(-c2ccccc2)cc1. The Hall–Kier alpha value is -2.91. The van der Waals surface area contributed by atoms with Gasteiger partial charge in [-0.25, -0.2) is 0 Å². The molecule has 3 heteroatoms. The molecule has 0 radical (unpaired) electrons. The molecule has 3 nitrogen and oxygen atoms in total. The Labute approximate surface area is 153 Å². The highest BCUT2D eigenvalue weighted by molar-refractivity contribution is 5.73. The fourth-order valence-corrected chi connectivity index (χ4v) is 2.78. The first kappa shape index (κ1) is 17.9. The smallest absolute Gasteiger partial charge is 0.311 e. The zero-order chi connectivity index (χ0) is 18.4. The second-order valence-electron chi connectivity index (χ2n) is 6.31. The summed E-state index contributed by atoms with van der Waals surface area (Å²) < 4.78 is 5.33. The molecule has 0 amide bonds. The number of carbonyl (C=O) groups excluding carboxylic acids is 1. The molecule has 0 aliphatic heterocycles. The predicted octanol–water partition coefficient (Wildman–Crippen LogP) is 4.77. The van der Waals surface area contributed by atoms with Crippen LogP contribution in [0.5, 0.6) is 0 Å². The van der Waals surface area contributed by atoms with Crippen LogP contribution >= 0.6 is 0 Å². The van der Waals surface area contributed by atoms with Gasteiger partial charge in [0.25, 0.3) is 0 Å². The van der Waals surface area contributed by atoms with Crippen LogP contribution in [0.2, 0.25) is 0 Å². The molecule has 0 spiro atoms. The van der Waals surface area contributed by atoms with Crippen molar-refractivity contribution in [1.82, 2.24) is 0 Å². The highest BCUT2D eigenvalue weighted by Gasteiger charge is 2.25. The van der Waals surface area contributed by atoms with Crippen molar-refractivity contribution in [3.05, 3.63) is 96.1 Å². The average Bonchev–Trinajstić information content (AvgIpc) is 2.72. The van der Waals surface area contributed by atoms with Crippen molar-refractivity contribution in [3.8, 4) is 11.1 Å². The summed E-state index contributed by atoms with van der Waals surface area (Å²) in [5.41, 5.74) is 3.81. The topological polar surface area (TPSA) is 46.5 Å². The van der Waals surface area contributed by atoms with Gasteiger partial charge in [-0.1, -0.05) is 84.9 Å². The number of hydrogen-bond acceptors (Lipinski definition) is 3. The van der Waals surface area contributed by atoms with Crippen molar-refractivity contribution in [3.63, 3.8) is 0 Å². The molecule has 1 N–H and O–H groups in total. The molecule has 0 fully saturated rings. The lowest BCUT2D eigenvalue weighted by atomic mass is 9.95. The quantitative estimate of drug-likeness (QED) is 0.654. The number of esters is 1. The maximum Gasteiger partial charge on any atom is 0.311 e. The van der Waals surface area contributed by atoms with Gasteiger partial charge >= 0.3 is 5.97 Å². The second kappa shape index (κ2) is 8.45. The Bertz CT molecular complexity index is 826. The van der Waals surface area contributed by atoms with E-state index in [2.05, 4.69) is 0 Å². The molecule has 0 heterocycles. The van der Waals surface area contributed by atoms with Crippen LogP contribution in [-0.4, -0.2) is 11.1 Å². The van der Waals surface area contributed by atoms with Crippen LogP contribution in [0.1, 0.15) is 24.2 Å². The molecule has 0 unspecified atom stereocenters. The molecule has 26 heavy (non-hydrogen) atoms. The lowest BCUT2D eigenvalue weighted by molar-refractivity contribution is -0.153. The van der Waals surface area contributed by atoms with Gasteiger partial charge in [-0.05, 0) is 29.2 Å². The fourth-order valence-electron chi connectivity index (χ4n) is 2.78. The van der Waals surface area contributed by atoms with Gasteiger partial charge in [-0.2, -0.15) is 0 Å².